The van der Waals surface area contributed by atoms with E-state index < -0.39 is 33.8 Å². The number of amides is 1. The molecule has 1 amide bonds. The first-order valence-electron chi connectivity index (χ1n) is 15.2. The van der Waals surface area contributed by atoms with Crippen LogP contribution >= 0.6 is 0 Å². The summed E-state index contributed by atoms with van der Waals surface area (Å²) in [5, 5.41) is 12.1. The molecule has 48 heavy (non-hydrogen) atoms. The van der Waals surface area contributed by atoms with Crippen molar-refractivity contribution in [2.24, 2.45) is 0 Å². The van der Waals surface area contributed by atoms with Crippen LogP contribution in [-0.4, -0.2) is 52.7 Å². The number of aryl methyl sites for hydroxylation is 2. The number of pyridine rings is 1. The molecular weight excluding hydrogens is 634 g/mol. The SMILES string of the molecule is Cc1cccc(C)c1-c1cc(OC(CNC(=O)OC(C)(C)C)c2ccc(C(C)(C)C)cn2)nc(NS(=O)(=O)c2cccc(C(=O)O)c2)n1. The molecule has 1 atom stereocenters. The van der Waals surface area contributed by atoms with Gasteiger partial charge < -0.3 is 19.9 Å². The van der Waals surface area contributed by atoms with Crippen LogP contribution in [0.4, 0.5) is 10.7 Å². The van der Waals surface area contributed by atoms with E-state index in [1.807, 2.05) is 38.1 Å². The molecule has 0 aliphatic rings. The van der Waals surface area contributed by atoms with E-state index in [0.717, 1.165) is 28.3 Å². The Hall–Kier alpha value is -5.04. The fourth-order valence-corrected chi connectivity index (χ4v) is 5.72. The molecule has 0 spiro atoms. The number of carbonyl (C=O) groups excluding carboxylic acids is 1. The fraction of sp³-hybridized carbons (Fsp3) is 0.343. The number of carboxylic acids is 1. The van der Waals surface area contributed by atoms with Crippen LogP contribution in [-0.2, 0) is 20.2 Å². The summed E-state index contributed by atoms with van der Waals surface area (Å²) >= 11 is 0. The third-order valence-electron chi connectivity index (χ3n) is 7.13. The average molecular weight is 676 g/mol. The van der Waals surface area contributed by atoms with Gasteiger partial charge in [0.05, 0.1) is 28.4 Å². The van der Waals surface area contributed by atoms with Gasteiger partial charge in [0.1, 0.15) is 5.60 Å². The highest BCUT2D eigenvalue weighted by atomic mass is 32.2. The van der Waals surface area contributed by atoms with Crippen LogP contribution in [0.15, 0.2) is 71.8 Å². The molecule has 0 saturated heterocycles. The minimum atomic E-state index is -4.32. The molecule has 0 bridgehead atoms. The van der Waals surface area contributed by atoms with Gasteiger partial charge in [-0.05, 0) is 81.0 Å². The third kappa shape index (κ3) is 9.28. The maximum atomic E-state index is 13.4. The molecule has 4 aromatic rings. The first-order chi connectivity index (χ1) is 22.3. The molecule has 2 heterocycles. The van der Waals surface area contributed by atoms with Crippen LogP contribution in [0.2, 0.25) is 0 Å². The molecule has 13 heteroatoms. The van der Waals surface area contributed by atoms with E-state index in [0.29, 0.717) is 11.4 Å². The largest absolute Gasteiger partial charge is 0.478 e. The van der Waals surface area contributed by atoms with Crippen molar-refractivity contribution >= 4 is 28.0 Å². The molecule has 2 aromatic heterocycles. The van der Waals surface area contributed by atoms with Crippen molar-refractivity contribution in [3.63, 3.8) is 0 Å². The predicted octanol–water partition coefficient (Wildman–Crippen LogP) is 6.60. The van der Waals surface area contributed by atoms with Crippen molar-refractivity contribution in [3.8, 4) is 17.1 Å². The van der Waals surface area contributed by atoms with E-state index in [1.165, 1.54) is 18.2 Å². The quantitative estimate of drug-likeness (QED) is 0.167. The normalized spacial score (nSPS) is 12.6. The lowest BCUT2D eigenvalue weighted by Gasteiger charge is -2.24. The Morgan fingerprint density at radius 2 is 1.58 bits per heavy atom. The number of nitrogens with zero attached hydrogens (tertiary/aromatic N) is 3. The molecule has 3 N–H and O–H groups in total. The van der Waals surface area contributed by atoms with E-state index in [9.17, 15) is 23.1 Å². The monoisotopic (exact) mass is 675 g/mol. The number of rotatable bonds is 10. The molecule has 0 saturated carbocycles. The number of alkyl carbamates (subject to hydrolysis) is 1. The van der Waals surface area contributed by atoms with Gasteiger partial charge in [0, 0.05) is 17.8 Å². The zero-order valence-corrected chi connectivity index (χ0v) is 29.1. The van der Waals surface area contributed by atoms with Crippen molar-refractivity contribution in [2.75, 3.05) is 11.3 Å². The van der Waals surface area contributed by atoms with Gasteiger partial charge in [-0.1, -0.05) is 51.1 Å². The predicted molar refractivity (Wildman–Crippen MR) is 182 cm³/mol. The van der Waals surface area contributed by atoms with E-state index in [1.54, 1.807) is 39.1 Å². The molecular formula is C35H41N5O7S. The summed E-state index contributed by atoms with van der Waals surface area (Å²) in [6.45, 7) is 15.2. The Balaban J connectivity index is 1.78. The molecule has 0 fully saturated rings. The maximum Gasteiger partial charge on any atom is 0.407 e. The number of nitrogens with one attached hydrogen (secondary N) is 2. The maximum absolute atomic E-state index is 13.4. The molecule has 1 unspecified atom stereocenters. The number of carbonyl (C=O) groups is 2. The van der Waals surface area contributed by atoms with E-state index in [-0.39, 0.29) is 34.2 Å². The summed E-state index contributed by atoms with van der Waals surface area (Å²) in [6.07, 6.45) is 0.217. The number of sulfonamides is 1. The van der Waals surface area contributed by atoms with Crippen molar-refractivity contribution in [1.29, 1.82) is 0 Å². The summed E-state index contributed by atoms with van der Waals surface area (Å²) in [5.74, 6) is -1.58. The standard InChI is InChI=1S/C35H41N5O7S/c1-21-11-9-12-22(2)30(21)27-18-29(39-32(38-27)40-48(44,45)25-14-10-13-23(17-25)31(41)42)46-28(20-37-33(43)47-35(6,7)8)26-16-15-24(19-36-26)34(3,4)5/h9-19,28H,20H2,1-8H3,(H,37,43)(H,41,42)(H,38,39,40). The lowest BCUT2D eigenvalue weighted by Crippen LogP contribution is -2.36. The Bertz CT molecular complexity index is 1890. The molecule has 254 valence electrons. The first kappa shape index (κ1) is 35.8. The van der Waals surface area contributed by atoms with Gasteiger partial charge >= 0.3 is 12.1 Å². The second-order valence-corrected chi connectivity index (χ2v) is 15.0. The third-order valence-corrected chi connectivity index (χ3v) is 8.46. The van der Waals surface area contributed by atoms with Crippen molar-refractivity contribution in [1.82, 2.24) is 20.3 Å². The Morgan fingerprint density at radius 1 is 0.917 bits per heavy atom. The number of anilines is 1. The van der Waals surface area contributed by atoms with E-state index in [4.69, 9.17) is 9.47 Å². The smallest absolute Gasteiger partial charge is 0.407 e. The highest BCUT2D eigenvalue weighted by Crippen LogP contribution is 2.31. The minimum absolute atomic E-state index is 0.00248. The number of carboxylic acid groups (broad SMARTS) is 1. The highest BCUT2D eigenvalue weighted by Gasteiger charge is 2.25. The van der Waals surface area contributed by atoms with Gasteiger partial charge in [-0.25, -0.2) is 27.7 Å². The second kappa shape index (κ2) is 14.0. The van der Waals surface area contributed by atoms with Gasteiger partial charge in [-0.15, -0.1) is 0 Å². The Kier molecular flexibility index (Phi) is 10.4. The minimum Gasteiger partial charge on any atom is -0.478 e. The molecule has 12 nitrogen and oxygen atoms in total. The molecule has 2 aromatic carbocycles. The molecule has 0 aliphatic heterocycles. The zero-order chi connectivity index (χ0) is 35.4. The molecule has 0 radical (unpaired) electrons. The van der Waals surface area contributed by atoms with Crippen LogP contribution in [0, 0.1) is 13.8 Å². The summed E-state index contributed by atoms with van der Waals surface area (Å²) in [7, 11) is -4.32. The number of hydrogen-bond donors (Lipinski definition) is 3. The van der Waals surface area contributed by atoms with Gasteiger partial charge in [0.2, 0.25) is 11.8 Å². The number of aromatic carboxylic acids is 1. The van der Waals surface area contributed by atoms with Crippen molar-refractivity contribution in [2.45, 2.75) is 77.4 Å². The van der Waals surface area contributed by atoms with Crippen LogP contribution in [0.1, 0.15) is 80.4 Å². The van der Waals surface area contributed by atoms with Crippen molar-refractivity contribution < 1.29 is 32.6 Å². The highest BCUT2D eigenvalue weighted by molar-refractivity contribution is 7.92. The van der Waals surface area contributed by atoms with Gasteiger partial charge in [0.15, 0.2) is 6.10 Å². The van der Waals surface area contributed by atoms with Gasteiger partial charge in [0.25, 0.3) is 10.0 Å². The summed E-state index contributed by atoms with van der Waals surface area (Å²) < 4.78 is 41.0. The van der Waals surface area contributed by atoms with Gasteiger partial charge in [-0.3, -0.25) is 4.98 Å². The number of aromatic nitrogens is 3. The number of hydrogen-bond acceptors (Lipinski definition) is 9. The molecule has 4 rings (SSSR count). The lowest BCUT2D eigenvalue weighted by molar-refractivity contribution is 0.0497. The second-order valence-electron chi connectivity index (χ2n) is 13.3. The van der Waals surface area contributed by atoms with E-state index >= 15 is 0 Å². The van der Waals surface area contributed by atoms with Gasteiger partial charge in [-0.2, -0.15) is 4.98 Å². The zero-order valence-electron chi connectivity index (χ0n) is 28.3. The summed E-state index contributed by atoms with van der Waals surface area (Å²) in [5.41, 5.74) is 3.28. The average Bonchev–Trinajstić information content (AvgIpc) is 2.98. The van der Waals surface area contributed by atoms with Crippen LogP contribution in [0.5, 0.6) is 5.88 Å². The first-order valence-corrected chi connectivity index (χ1v) is 16.7. The number of benzene rings is 2. The summed E-state index contributed by atoms with van der Waals surface area (Å²) in [6, 6.07) is 16.0. The van der Waals surface area contributed by atoms with Crippen LogP contribution in [0.25, 0.3) is 11.3 Å². The van der Waals surface area contributed by atoms with Crippen LogP contribution in [0.3, 0.4) is 0 Å². The van der Waals surface area contributed by atoms with Crippen LogP contribution < -0.4 is 14.8 Å². The fourth-order valence-electron chi connectivity index (χ4n) is 4.73. The Morgan fingerprint density at radius 3 is 2.17 bits per heavy atom. The van der Waals surface area contributed by atoms with Crippen molar-refractivity contribution in [3.05, 3.63) is 94.8 Å². The van der Waals surface area contributed by atoms with E-state index in [2.05, 4.69) is 45.8 Å². The topological polar surface area (TPSA) is 170 Å². The Labute approximate surface area is 281 Å². The summed E-state index contributed by atoms with van der Waals surface area (Å²) in [4.78, 5) is 37.4. The lowest BCUT2D eigenvalue weighted by atomic mass is 9.88. The molecule has 0 aliphatic carbocycles. The number of ether oxygens (including phenoxy) is 2.